The van der Waals surface area contributed by atoms with E-state index in [2.05, 4.69) is 6.92 Å². The first-order chi connectivity index (χ1) is 9.04. The van der Waals surface area contributed by atoms with Gasteiger partial charge in [-0.3, -0.25) is 4.79 Å². The first-order valence-electron chi connectivity index (χ1n) is 6.39. The zero-order chi connectivity index (χ0) is 13.9. The van der Waals surface area contributed by atoms with Crippen molar-refractivity contribution in [2.45, 2.75) is 13.3 Å². The molecular weight excluding hydrogens is 283 g/mol. The van der Waals surface area contributed by atoms with Crippen LogP contribution < -0.4 is 10.5 Å². The third kappa shape index (κ3) is 3.84. The summed E-state index contributed by atoms with van der Waals surface area (Å²) in [7, 11) is 0. The third-order valence-electron chi connectivity index (χ3n) is 3.59. The van der Waals surface area contributed by atoms with Crippen molar-refractivity contribution in [1.82, 2.24) is 4.90 Å². The van der Waals surface area contributed by atoms with Gasteiger partial charge < -0.3 is 15.4 Å². The Balaban J connectivity index is 0.00000200. The molecule has 1 aliphatic rings. The fraction of sp³-hybridized carbons (Fsp3) is 0.500. The molecule has 1 unspecified atom stereocenters. The van der Waals surface area contributed by atoms with Crippen molar-refractivity contribution < 1.29 is 13.9 Å². The van der Waals surface area contributed by atoms with E-state index >= 15 is 0 Å². The molecular formula is C14H20ClFN2O2. The van der Waals surface area contributed by atoms with E-state index in [1.807, 2.05) is 0 Å². The van der Waals surface area contributed by atoms with Gasteiger partial charge in [-0.25, -0.2) is 4.39 Å². The van der Waals surface area contributed by atoms with Gasteiger partial charge in [0.15, 0.2) is 18.2 Å². The lowest BCUT2D eigenvalue weighted by Crippen LogP contribution is -2.36. The van der Waals surface area contributed by atoms with Crippen molar-refractivity contribution in [3.05, 3.63) is 30.1 Å². The van der Waals surface area contributed by atoms with Crippen LogP contribution in [0.4, 0.5) is 4.39 Å². The molecule has 0 aromatic heterocycles. The monoisotopic (exact) mass is 302 g/mol. The maximum atomic E-state index is 13.3. The van der Waals surface area contributed by atoms with Crippen LogP contribution in [-0.4, -0.2) is 37.0 Å². The van der Waals surface area contributed by atoms with E-state index in [-0.39, 0.29) is 36.1 Å². The summed E-state index contributed by atoms with van der Waals surface area (Å²) in [6, 6.07) is 6.07. The number of rotatable bonds is 4. The summed E-state index contributed by atoms with van der Waals surface area (Å²) in [5.74, 6) is -0.472. The molecule has 6 heteroatoms. The molecule has 1 aromatic carbocycles. The maximum absolute atomic E-state index is 13.3. The van der Waals surface area contributed by atoms with Crippen LogP contribution in [0.5, 0.6) is 5.75 Å². The van der Waals surface area contributed by atoms with Crippen LogP contribution in [0.15, 0.2) is 24.3 Å². The Morgan fingerprint density at radius 3 is 2.80 bits per heavy atom. The number of carbonyl (C=O) groups excluding carboxylic acids is 1. The van der Waals surface area contributed by atoms with Crippen molar-refractivity contribution in [2.24, 2.45) is 11.1 Å². The molecule has 1 aromatic rings. The Hall–Kier alpha value is -1.33. The predicted molar refractivity (Wildman–Crippen MR) is 77.5 cm³/mol. The minimum Gasteiger partial charge on any atom is -0.481 e. The highest BCUT2D eigenvalue weighted by Crippen LogP contribution is 2.28. The quantitative estimate of drug-likeness (QED) is 0.923. The molecule has 1 heterocycles. The number of nitrogens with two attached hydrogens (primary N) is 1. The number of para-hydroxylation sites is 1. The summed E-state index contributed by atoms with van der Waals surface area (Å²) in [6.45, 7) is 3.82. The van der Waals surface area contributed by atoms with Gasteiger partial charge in [0.1, 0.15) is 0 Å². The van der Waals surface area contributed by atoms with Gasteiger partial charge in [-0.1, -0.05) is 19.1 Å². The SMILES string of the molecule is CC1(CN)CCN(C(=O)COc2ccccc2F)C1.Cl. The molecule has 0 bridgehead atoms. The molecule has 1 atom stereocenters. The Labute approximate surface area is 124 Å². The van der Waals surface area contributed by atoms with Gasteiger partial charge in [0.25, 0.3) is 5.91 Å². The number of hydrogen-bond donors (Lipinski definition) is 1. The third-order valence-corrected chi connectivity index (χ3v) is 3.59. The molecule has 1 amide bonds. The molecule has 0 spiro atoms. The van der Waals surface area contributed by atoms with Crippen LogP contribution in [0.25, 0.3) is 0 Å². The average Bonchev–Trinajstić information content (AvgIpc) is 2.81. The molecule has 0 radical (unpaired) electrons. The lowest BCUT2D eigenvalue weighted by Gasteiger charge is -2.22. The molecule has 2 N–H and O–H groups in total. The molecule has 4 nitrogen and oxygen atoms in total. The number of amides is 1. The zero-order valence-corrected chi connectivity index (χ0v) is 12.3. The normalized spacial score (nSPS) is 21.4. The molecule has 2 rings (SSSR count). The lowest BCUT2D eigenvalue weighted by atomic mass is 9.90. The van der Waals surface area contributed by atoms with Crippen molar-refractivity contribution in [2.75, 3.05) is 26.2 Å². The van der Waals surface area contributed by atoms with E-state index in [1.165, 1.54) is 12.1 Å². The second-order valence-corrected chi connectivity index (χ2v) is 5.30. The van der Waals surface area contributed by atoms with Crippen molar-refractivity contribution in [3.63, 3.8) is 0 Å². The van der Waals surface area contributed by atoms with Gasteiger partial charge in [0.05, 0.1) is 0 Å². The van der Waals surface area contributed by atoms with Gasteiger partial charge >= 0.3 is 0 Å². The molecule has 20 heavy (non-hydrogen) atoms. The summed E-state index contributed by atoms with van der Waals surface area (Å²) in [6.07, 6.45) is 0.898. The standard InChI is InChI=1S/C14H19FN2O2.ClH/c1-14(9-16)6-7-17(10-14)13(18)8-19-12-5-3-2-4-11(12)15;/h2-5H,6-10,16H2,1H3;1H. The van der Waals surface area contributed by atoms with E-state index in [1.54, 1.807) is 17.0 Å². The van der Waals surface area contributed by atoms with Crippen LogP contribution in [-0.2, 0) is 4.79 Å². The summed E-state index contributed by atoms with van der Waals surface area (Å²) in [5, 5.41) is 0. The number of likely N-dealkylation sites (tertiary alicyclic amines) is 1. The predicted octanol–water partition coefficient (Wildman–Crippen LogP) is 1.82. The highest BCUT2D eigenvalue weighted by Gasteiger charge is 2.34. The number of carbonyl (C=O) groups is 1. The van der Waals surface area contributed by atoms with E-state index in [4.69, 9.17) is 10.5 Å². The van der Waals surface area contributed by atoms with Crippen LogP contribution in [0, 0.1) is 11.2 Å². The van der Waals surface area contributed by atoms with Crippen LogP contribution >= 0.6 is 12.4 Å². The number of benzene rings is 1. The fourth-order valence-electron chi connectivity index (χ4n) is 2.20. The molecule has 1 aliphatic heterocycles. The zero-order valence-electron chi connectivity index (χ0n) is 11.5. The molecule has 0 saturated carbocycles. The van der Waals surface area contributed by atoms with Gasteiger partial charge in [-0.15, -0.1) is 12.4 Å². The first kappa shape index (κ1) is 16.7. The fourth-order valence-corrected chi connectivity index (χ4v) is 2.20. The number of nitrogens with zero attached hydrogens (tertiary/aromatic N) is 1. The van der Waals surface area contributed by atoms with Crippen molar-refractivity contribution in [1.29, 1.82) is 0 Å². The van der Waals surface area contributed by atoms with Crippen LogP contribution in [0.2, 0.25) is 0 Å². The molecule has 0 aliphatic carbocycles. The van der Waals surface area contributed by atoms with E-state index in [0.717, 1.165) is 6.42 Å². The summed E-state index contributed by atoms with van der Waals surface area (Å²) >= 11 is 0. The number of halogens is 2. The first-order valence-corrected chi connectivity index (χ1v) is 6.39. The second-order valence-electron chi connectivity index (χ2n) is 5.30. The van der Waals surface area contributed by atoms with Gasteiger partial charge in [0, 0.05) is 13.1 Å². The highest BCUT2D eigenvalue weighted by atomic mass is 35.5. The van der Waals surface area contributed by atoms with E-state index in [9.17, 15) is 9.18 Å². The van der Waals surface area contributed by atoms with Crippen LogP contribution in [0.3, 0.4) is 0 Å². The Kier molecular flexibility index (Phi) is 5.77. The Bertz CT molecular complexity index is 472. The molecule has 1 saturated heterocycles. The largest absolute Gasteiger partial charge is 0.481 e. The summed E-state index contributed by atoms with van der Waals surface area (Å²) < 4.78 is 18.5. The highest BCUT2D eigenvalue weighted by molar-refractivity contribution is 5.85. The second kappa shape index (κ2) is 6.90. The molecule has 112 valence electrons. The number of ether oxygens (including phenoxy) is 1. The summed E-state index contributed by atoms with van der Waals surface area (Å²) in [5.41, 5.74) is 5.69. The van der Waals surface area contributed by atoms with Gasteiger partial charge in [-0.2, -0.15) is 0 Å². The average molecular weight is 303 g/mol. The van der Waals surface area contributed by atoms with Gasteiger partial charge in [0.2, 0.25) is 0 Å². The van der Waals surface area contributed by atoms with E-state index in [0.29, 0.717) is 19.6 Å². The number of hydrogen-bond acceptors (Lipinski definition) is 3. The smallest absolute Gasteiger partial charge is 0.260 e. The topological polar surface area (TPSA) is 55.6 Å². The van der Waals surface area contributed by atoms with Crippen molar-refractivity contribution in [3.8, 4) is 5.75 Å². The van der Waals surface area contributed by atoms with E-state index < -0.39 is 5.82 Å². The minimum atomic E-state index is -0.455. The van der Waals surface area contributed by atoms with Crippen LogP contribution in [0.1, 0.15) is 13.3 Å². The maximum Gasteiger partial charge on any atom is 0.260 e. The lowest BCUT2D eigenvalue weighted by molar-refractivity contribution is -0.132. The Morgan fingerprint density at radius 1 is 1.50 bits per heavy atom. The molecule has 1 fully saturated rings. The van der Waals surface area contributed by atoms with Gasteiger partial charge in [-0.05, 0) is 30.5 Å². The van der Waals surface area contributed by atoms with Crippen molar-refractivity contribution >= 4 is 18.3 Å². The minimum absolute atomic E-state index is 0. The Morgan fingerprint density at radius 2 is 2.20 bits per heavy atom. The summed E-state index contributed by atoms with van der Waals surface area (Å²) in [4.78, 5) is 13.7.